The maximum Gasteiger partial charge on any atom is 0.418 e. The predicted molar refractivity (Wildman–Crippen MR) is 101 cm³/mol. The smallest absolute Gasteiger partial charge is 0.331 e. The average Bonchev–Trinajstić information content (AvgIpc) is 2.61. The molecule has 0 aliphatic heterocycles. The van der Waals surface area contributed by atoms with Gasteiger partial charge in [0.1, 0.15) is 0 Å². The number of alkyl halides is 3. The summed E-state index contributed by atoms with van der Waals surface area (Å²) in [6.07, 6.45) is -0.351. The number of anilines is 1. The molecule has 0 spiro atoms. The zero-order valence-electron chi connectivity index (χ0n) is 13.6. The highest BCUT2D eigenvalue weighted by molar-refractivity contribution is 7.80. The zero-order chi connectivity index (χ0) is 19.9. The molecule has 0 aliphatic rings. The normalized spacial score (nSPS) is 11.7. The first-order valence-corrected chi connectivity index (χ1v) is 7.86. The number of nitro benzene ring substituents is 1. The molecular weight excluding hydrogens is 381 g/mol. The highest BCUT2D eigenvalue weighted by Gasteiger charge is 2.33. The van der Waals surface area contributed by atoms with E-state index in [1.807, 2.05) is 0 Å². The largest absolute Gasteiger partial charge is 0.418 e. The molecular formula is C17H13F3N4O2S. The summed E-state index contributed by atoms with van der Waals surface area (Å²) in [6, 6.07) is 11.0. The second-order valence-corrected chi connectivity index (χ2v) is 5.47. The van der Waals surface area contributed by atoms with Crippen LogP contribution in [0.2, 0.25) is 0 Å². The molecule has 0 saturated carbocycles. The van der Waals surface area contributed by atoms with Crippen molar-refractivity contribution in [2.75, 3.05) is 5.32 Å². The summed E-state index contributed by atoms with van der Waals surface area (Å²) in [4.78, 5) is 10.4. The van der Waals surface area contributed by atoms with Crippen molar-refractivity contribution in [2.24, 2.45) is 5.10 Å². The Morgan fingerprint density at radius 3 is 2.52 bits per heavy atom. The van der Waals surface area contributed by atoms with Gasteiger partial charge in [0, 0.05) is 12.3 Å². The van der Waals surface area contributed by atoms with Gasteiger partial charge in [-0.25, -0.2) is 0 Å². The van der Waals surface area contributed by atoms with Gasteiger partial charge in [-0.1, -0.05) is 24.3 Å². The summed E-state index contributed by atoms with van der Waals surface area (Å²) in [5.41, 5.74) is 1.64. The molecule has 0 atom stereocenters. The predicted octanol–water partition coefficient (Wildman–Crippen LogP) is 4.60. The van der Waals surface area contributed by atoms with Crippen LogP contribution in [0.4, 0.5) is 24.5 Å². The topological polar surface area (TPSA) is 79.6 Å². The van der Waals surface area contributed by atoms with Gasteiger partial charge >= 0.3 is 6.18 Å². The zero-order valence-corrected chi connectivity index (χ0v) is 14.4. The number of thiocarbonyl (C=S) groups is 1. The van der Waals surface area contributed by atoms with E-state index < -0.39 is 16.7 Å². The fraction of sp³-hybridized carbons (Fsp3) is 0.0588. The van der Waals surface area contributed by atoms with Crippen molar-refractivity contribution in [3.05, 3.63) is 75.8 Å². The fourth-order valence-electron chi connectivity index (χ4n) is 2.07. The molecule has 2 aromatic rings. The van der Waals surface area contributed by atoms with Crippen LogP contribution in [0.1, 0.15) is 11.1 Å². The van der Waals surface area contributed by atoms with Gasteiger partial charge in [-0.15, -0.1) is 0 Å². The molecule has 10 heteroatoms. The Bertz CT molecular complexity index is 898. The van der Waals surface area contributed by atoms with E-state index in [-0.39, 0.29) is 16.5 Å². The summed E-state index contributed by atoms with van der Waals surface area (Å²) >= 11 is 4.90. The Labute approximate surface area is 157 Å². The van der Waals surface area contributed by atoms with Crippen molar-refractivity contribution in [3.8, 4) is 0 Å². The van der Waals surface area contributed by atoms with Gasteiger partial charge in [-0.3, -0.25) is 15.5 Å². The first-order valence-electron chi connectivity index (χ1n) is 7.45. The molecule has 0 amide bonds. The number of allylic oxidation sites excluding steroid dienone is 1. The summed E-state index contributed by atoms with van der Waals surface area (Å²) in [6.45, 7) is 0. The summed E-state index contributed by atoms with van der Waals surface area (Å²) in [5.74, 6) is 0. The monoisotopic (exact) mass is 394 g/mol. The van der Waals surface area contributed by atoms with Gasteiger partial charge in [-0.05, 0) is 42.6 Å². The van der Waals surface area contributed by atoms with Gasteiger partial charge in [-0.2, -0.15) is 18.3 Å². The number of nitro groups is 1. The van der Waals surface area contributed by atoms with E-state index in [1.54, 1.807) is 18.2 Å². The van der Waals surface area contributed by atoms with Crippen LogP contribution >= 0.6 is 12.2 Å². The highest BCUT2D eigenvalue weighted by Crippen LogP contribution is 2.34. The van der Waals surface area contributed by atoms with Crippen molar-refractivity contribution >= 4 is 41.0 Å². The molecule has 2 rings (SSSR count). The lowest BCUT2D eigenvalue weighted by molar-refractivity contribution is -0.385. The van der Waals surface area contributed by atoms with E-state index in [0.717, 1.165) is 6.07 Å². The lowest BCUT2D eigenvalue weighted by Gasteiger charge is -2.14. The molecule has 0 heterocycles. The molecule has 27 heavy (non-hydrogen) atoms. The molecule has 0 saturated heterocycles. The fourth-order valence-corrected chi connectivity index (χ4v) is 2.23. The number of hydrazone groups is 1. The Morgan fingerprint density at radius 1 is 1.15 bits per heavy atom. The Morgan fingerprint density at radius 2 is 1.81 bits per heavy atom. The molecule has 2 N–H and O–H groups in total. The van der Waals surface area contributed by atoms with Crippen molar-refractivity contribution < 1.29 is 18.1 Å². The Balaban J connectivity index is 1.96. The molecule has 2 aromatic carbocycles. The second-order valence-electron chi connectivity index (χ2n) is 5.06. The Kier molecular flexibility index (Phi) is 6.61. The number of nitrogens with zero attached hydrogens (tertiary/aromatic N) is 2. The van der Waals surface area contributed by atoms with Gasteiger partial charge < -0.3 is 5.32 Å². The quantitative estimate of drug-likeness (QED) is 0.335. The van der Waals surface area contributed by atoms with Crippen molar-refractivity contribution in [2.45, 2.75) is 6.18 Å². The van der Waals surface area contributed by atoms with Crippen LogP contribution in [-0.2, 0) is 6.18 Å². The molecule has 0 aromatic heterocycles. The maximum absolute atomic E-state index is 12.9. The third kappa shape index (κ3) is 5.89. The van der Waals surface area contributed by atoms with E-state index in [0.29, 0.717) is 5.56 Å². The second kappa shape index (κ2) is 8.90. The summed E-state index contributed by atoms with van der Waals surface area (Å²) in [7, 11) is 0. The summed E-state index contributed by atoms with van der Waals surface area (Å²) in [5, 5.41) is 16.9. The van der Waals surface area contributed by atoms with E-state index in [9.17, 15) is 23.3 Å². The SMILES string of the molecule is O=[N+]([O-])c1ccccc1/C=C/C=N\NC(=S)Nc1ccccc1C(F)(F)F. The van der Waals surface area contributed by atoms with Crippen molar-refractivity contribution in [1.29, 1.82) is 0 Å². The lowest BCUT2D eigenvalue weighted by atomic mass is 10.1. The standard InChI is InChI=1S/C17H13F3N4O2S/c18-17(19,20)13-8-2-3-9-14(13)22-16(27)23-21-11-5-7-12-6-1-4-10-15(12)24(25)26/h1-11H,(H2,22,23,27)/b7-5+,21-11-. The molecule has 0 unspecified atom stereocenters. The van der Waals surface area contributed by atoms with Crippen LogP contribution in [0, 0.1) is 10.1 Å². The minimum atomic E-state index is -4.52. The van der Waals surface area contributed by atoms with E-state index in [4.69, 9.17) is 12.2 Å². The first kappa shape index (κ1) is 20.0. The minimum absolute atomic E-state index is 0.0592. The number of hydrogen-bond acceptors (Lipinski definition) is 4. The third-order valence-corrected chi connectivity index (χ3v) is 3.41. The minimum Gasteiger partial charge on any atom is -0.331 e. The van der Waals surface area contributed by atoms with Crippen molar-refractivity contribution in [1.82, 2.24) is 5.43 Å². The summed E-state index contributed by atoms with van der Waals surface area (Å²) < 4.78 is 38.7. The maximum atomic E-state index is 12.9. The molecule has 0 fully saturated rings. The Hall–Kier alpha value is -3.27. The van der Waals surface area contributed by atoms with Crippen LogP contribution in [-0.4, -0.2) is 16.3 Å². The number of rotatable bonds is 5. The van der Waals surface area contributed by atoms with E-state index >= 15 is 0 Å². The molecule has 0 radical (unpaired) electrons. The van der Waals surface area contributed by atoms with E-state index in [2.05, 4.69) is 15.8 Å². The molecule has 6 nitrogen and oxygen atoms in total. The molecule has 0 bridgehead atoms. The average molecular weight is 394 g/mol. The van der Waals surface area contributed by atoms with Gasteiger partial charge in [0.15, 0.2) is 5.11 Å². The highest BCUT2D eigenvalue weighted by atomic mass is 32.1. The first-order chi connectivity index (χ1) is 12.8. The van der Waals surface area contributed by atoms with Crippen LogP contribution in [0.5, 0.6) is 0 Å². The van der Waals surface area contributed by atoms with Crippen LogP contribution in [0.3, 0.4) is 0 Å². The van der Waals surface area contributed by atoms with Gasteiger partial charge in [0.2, 0.25) is 0 Å². The van der Waals surface area contributed by atoms with Gasteiger partial charge in [0.05, 0.1) is 21.7 Å². The third-order valence-electron chi connectivity index (χ3n) is 3.22. The number of para-hydroxylation sites is 2. The molecule has 0 aliphatic carbocycles. The van der Waals surface area contributed by atoms with Crippen LogP contribution < -0.4 is 10.7 Å². The van der Waals surface area contributed by atoms with E-state index in [1.165, 1.54) is 42.6 Å². The van der Waals surface area contributed by atoms with Crippen molar-refractivity contribution in [3.63, 3.8) is 0 Å². The number of benzene rings is 2. The van der Waals surface area contributed by atoms with Crippen LogP contribution in [0.15, 0.2) is 59.7 Å². The number of hydrogen-bond donors (Lipinski definition) is 2. The molecule has 140 valence electrons. The van der Waals surface area contributed by atoms with Gasteiger partial charge in [0.25, 0.3) is 5.69 Å². The number of nitrogens with one attached hydrogen (secondary N) is 2. The lowest BCUT2D eigenvalue weighted by Crippen LogP contribution is -2.25. The van der Waals surface area contributed by atoms with Crippen LogP contribution in [0.25, 0.3) is 6.08 Å². The number of halogens is 3.